The summed E-state index contributed by atoms with van der Waals surface area (Å²) in [7, 11) is 1.78. The maximum atomic E-state index is 6.23. The van der Waals surface area contributed by atoms with Crippen LogP contribution in [-0.2, 0) is 6.54 Å². The number of pyridine rings is 1. The van der Waals surface area contributed by atoms with Crippen molar-refractivity contribution < 1.29 is 0 Å². The monoisotopic (exact) mass is 347 g/mol. The Hall–Kier alpha value is -2.28. The van der Waals surface area contributed by atoms with Gasteiger partial charge in [0.2, 0.25) is 0 Å². The van der Waals surface area contributed by atoms with E-state index in [-0.39, 0.29) is 0 Å². The third kappa shape index (κ3) is 4.17. The van der Waals surface area contributed by atoms with Gasteiger partial charge in [0.15, 0.2) is 5.96 Å². The largest absolute Gasteiger partial charge is 0.355 e. The Balaban J connectivity index is 1.47. The predicted molar refractivity (Wildman–Crippen MR) is 96.6 cm³/mol. The quantitative estimate of drug-likeness (QED) is 0.631. The minimum Gasteiger partial charge on any atom is -0.355 e. The molecule has 0 spiro atoms. The van der Waals surface area contributed by atoms with Crippen molar-refractivity contribution in [3.05, 3.63) is 41.8 Å². The molecule has 24 heavy (non-hydrogen) atoms. The number of hydrogen-bond donors (Lipinski definition) is 2. The van der Waals surface area contributed by atoms with E-state index < -0.39 is 0 Å². The third-order valence-electron chi connectivity index (χ3n) is 3.98. The Labute approximate surface area is 146 Å². The number of hydrogen-bond acceptors (Lipinski definition) is 4. The summed E-state index contributed by atoms with van der Waals surface area (Å²) in [6.45, 7) is 3.35. The molecule has 2 aromatic rings. The second-order valence-electron chi connectivity index (χ2n) is 5.65. The lowest BCUT2D eigenvalue weighted by molar-refractivity contribution is 0.587. The van der Waals surface area contributed by atoms with Gasteiger partial charge in [-0.2, -0.15) is 5.10 Å². The molecule has 8 heteroatoms. The molecule has 1 fully saturated rings. The summed E-state index contributed by atoms with van der Waals surface area (Å²) >= 11 is 6.23. The fraction of sp³-hybridized carbons (Fsp3) is 0.438. The van der Waals surface area contributed by atoms with Crippen LogP contribution in [0.4, 0.5) is 5.82 Å². The van der Waals surface area contributed by atoms with E-state index in [9.17, 15) is 0 Å². The average Bonchev–Trinajstić information content (AvgIpc) is 3.26. The molecule has 3 heterocycles. The molecule has 0 saturated carbocycles. The van der Waals surface area contributed by atoms with Gasteiger partial charge in [0.1, 0.15) is 5.82 Å². The molecule has 1 unspecified atom stereocenters. The topological polar surface area (TPSA) is 70.4 Å². The second-order valence-corrected chi connectivity index (χ2v) is 6.06. The molecule has 1 aliphatic rings. The molecule has 0 radical (unpaired) electrons. The van der Waals surface area contributed by atoms with Crippen LogP contribution in [0.2, 0.25) is 5.02 Å². The van der Waals surface area contributed by atoms with E-state index in [1.165, 1.54) is 0 Å². The fourth-order valence-corrected chi connectivity index (χ4v) is 3.03. The molecule has 128 valence electrons. The van der Waals surface area contributed by atoms with Crippen molar-refractivity contribution in [1.82, 2.24) is 25.4 Å². The summed E-state index contributed by atoms with van der Waals surface area (Å²) in [4.78, 5) is 10.9. The number of aromatic nitrogens is 3. The zero-order valence-corrected chi connectivity index (χ0v) is 14.4. The Morgan fingerprint density at radius 1 is 1.42 bits per heavy atom. The van der Waals surface area contributed by atoms with Crippen LogP contribution in [0, 0.1) is 0 Å². The minimum absolute atomic E-state index is 0.318. The molecule has 7 nitrogen and oxygen atoms in total. The highest BCUT2D eigenvalue weighted by Gasteiger charge is 2.25. The van der Waals surface area contributed by atoms with E-state index in [0.29, 0.717) is 11.1 Å². The molecule has 1 atom stereocenters. The van der Waals surface area contributed by atoms with Crippen molar-refractivity contribution in [2.24, 2.45) is 4.99 Å². The van der Waals surface area contributed by atoms with Crippen LogP contribution < -0.4 is 15.5 Å². The van der Waals surface area contributed by atoms with Crippen molar-refractivity contribution in [2.45, 2.75) is 19.0 Å². The van der Waals surface area contributed by atoms with Crippen molar-refractivity contribution in [3.63, 3.8) is 0 Å². The van der Waals surface area contributed by atoms with Gasteiger partial charge in [-0.25, -0.2) is 4.98 Å². The number of nitrogens with zero attached hydrogens (tertiary/aromatic N) is 5. The lowest BCUT2D eigenvalue weighted by atomic mass is 10.3. The average molecular weight is 348 g/mol. The standard InChI is InChI=1S/C16H22ClN7/c1-18-16(20-8-11-24-9-3-7-21-24)22-13-5-10-23(12-13)15-14(17)4-2-6-19-15/h2-4,6-7,9,13H,5,8,10-12H2,1H3,(H2,18,20,22). The number of halogens is 1. The van der Waals surface area contributed by atoms with E-state index in [2.05, 4.69) is 30.6 Å². The lowest BCUT2D eigenvalue weighted by Crippen LogP contribution is -2.45. The molecule has 0 amide bonds. The minimum atomic E-state index is 0.318. The molecule has 2 N–H and O–H groups in total. The molecular formula is C16H22ClN7. The van der Waals surface area contributed by atoms with Gasteiger partial charge in [-0.3, -0.25) is 9.67 Å². The molecule has 1 aliphatic heterocycles. The summed E-state index contributed by atoms with van der Waals surface area (Å²) in [6, 6.07) is 5.96. The first-order valence-corrected chi connectivity index (χ1v) is 8.44. The summed E-state index contributed by atoms with van der Waals surface area (Å²) in [5.41, 5.74) is 0. The Kier molecular flexibility index (Phi) is 5.53. The van der Waals surface area contributed by atoms with Gasteiger partial charge in [0.25, 0.3) is 0 Å². The summed E-state index contributed by atoms with van der Waals surface area (Å²) in [5, 5.41) is 11.7. The van der Waals surface area contributed by atoms with Crippen molar-refractivity contribution in [3.8, 4) is 0 Å². The number of guanidine groups is 1. The van der Waals surface area contributed by atoms with Gasteiger partial charge in [0.05, 0.1) is 11.6 Å². The molecule has 1 saturated heterocycles. The third-order valence-corrected chi connectivity index (χ3v) is 4.28. The maximum absolute atomic E-state index is 6.23. The Morgan fingerprint density at radius 3 is 3.08 bits per heavy atom. The zero-order valence-electron chi connectivity index (χ0n) is 13.7. The van der Waals surface area contributed by atoms with Crippen LogP contribution in [0.1, 0.15) is 6.42 Å². The highest BCUT2D eigenvalue weighted by atomic mass is 35.5. The highest BCUT2D eigenvalue weighted by molar-refractivity contribution is 6.32. The number of nitrogens with one attached hydrogen (secondary N) is 2. The first kappa shape index (κ1) is 16.6. The van der Waals surface area contributed by atoms with Crippen molar-refractivity contribution in [1.29, 1.82) is 0 Å². The number of rotatable bonds is 5. The van der Waals surface area contributed by atoms with Crippen molar-refractivity contribution in [2.75, 3.05) is 31.6 Å². The molecule has 0 bridgehead atoms. The molecule has 0 aromatic carbocycles. The van der Waals surface area contributed by atoms with Gasteiger partial charge in [-0.15, -0.1) is 0 Å². The second kappa shape index (κ2) is 8.01. The number of aliphatic imine (C=N–C) groups is 1. The first-order valence-electron chi connectivity index (χ1n) is 8.06. The van der Waals surface area contributed by atoms with E-state index in [1.54, 1.807) is 19.4 Å². The smallest absolute Gasteiger partial charge is 0.191 e. The highest BCUT2D eigenvalue weighted by Crippen LogP contribution is 2.25. The van der Waals surface area contributed by atoms with Crippen LogP contribution in [0.15, 0.2) is 41.8 Å². The zero-order chi connectivity index (χ0) is 16.8. The van der Waals surface area contributed by atoms with Crippen LogP contribution in [0.3, 0.4) is 0 Å². The van der Waals surface area contributed by atoms with Gasteiger partial charge < -0.3 is 15.5 Å². The van der Waals surface area contributed by atoms with Gasteiger partial charge >= 0.3 is 0 Å². The Morgan fingerprint density at radius 2 is 2.33 bits per heavy atom. The SMILES string of the molecule is CN=C(NCCn1cccn1)NC1CCN(c2ncccc2Cl)C1. The van der Waals surface area contributed by atoms with Crippen LogP contribution in [0.5, 0.6) is 0 Å². The van der Waals surface area contributed by atoms with E-state index >= 15 is 0 Å². The Bertz CT molecular complexity index is 671. The van der Waals surface area contributed by atoms with Gasteiger partial charge in [-0.1, -0.05) is 11.6 Å². The summed E-state index contributed by atoms with van der Waals surface area (Å²) in [6.07, 6.45) is 6.52. The summed E-state index contributed by atoms with van der Waals surface area (Å²) in [5.74, 6) is 1.66. The summed E-state index contributed by atoms with van der Waals surface area (Å²) < 4.78 is 1.89. The van der Waals surface area contributed by atoms with Crippen molar-refractivity contribution >= 4 is 23.4 Å². The predicted octanol–water partition coefficient (Wildman–Crippen LogP) is 1.38. The van der Waals surface area contributed by atoms with E-state index in [0.717, 1.165) is 44.4 Å². The van der Waals surface area contributed by atoms with E-state index in [1.807, 2.05) is 29.1 Å². The van der Waals surface area contributed by atoms with Gasteiger partial charge in [-0.05, 0) is 24.6 Å². The molecular weight excluding hydrogens is 326 g/mol. The fourth-order valence-electron chi connectivity index (χ4n) is 2.79. The first-order chi connectivity index (χ1) is 11.8. The molecule has 2 aromatic heterocycles. The van der Waals surface area contributed by atoms with Gasteiger partial charge in [0, 0.05) is 51.3 Å². The van der Waals surface area contributed by atoms with E-state index in [4.69, 9.17) is 11.6 Å². The lowest BCUT2D eigenvalue weighted by Gasteiger charge is -2.20. The number of anilines is 1. The van der Waals surface area contributed by atoms with Crippen LogP contribution >= 0.6 is 11.6 Å². The molecule has 0 aliphatic carbocycles. The maximum Gasteiger partial charge on any atom is 0.191 e. The van der Waals surface area contributed by atoms with Crippen LogP contribution in [-0.4, -0.2) is 53.4 Å². The van der Waals surface area contributed by atoms with Crippen LogP contribution in [0.25, 0.3) is 0 Å². The normalized spacial score (nSPS) is 18.0. The molecule has 3 rings (SSSR count).